The number of nitrogens with one attached hydrogen (secondary N) is 2. The molecule has 3 aromatic heterocycles. The second kappa shape index (κ2) is 10.3. The maximum absolute atomic E-state index is 11.2. The maximum atomic E-state index is 11.2. The highest BCUT2D eigenvalue weighted by molar-refractivity contribution is 7.17. The van der Waals surface area contributed by atoms with Crippen molar-refractivity contribution in [1.29, 1.82) is 0 Å². The van der Waals surface area contributed by atoms with Crippen molar-refractivity contribution in [3.8, 4) is 11.5 Å². The molecule has 10 heteroatoms. The lowest BCUT2D eigenvalue weighted by Gasteiger charge is -2.13. The van der Waals surface area contributed by atoms with Crippen LogP contribution in [0.1, 0.15) is 6.92 Å². The van der Waals surface area contributed by atoms with Crippen LogP contribution in [0, 0.1) is 0 Å². The molecule has 0 spiro atoms. The molecule has 2 N–H and O–H groups in total. The first-order valence-corrected chi connectivity index (χ1v) is 11.6. The van der Waals surface area contributed by atoms with Gasteiger partial charge in [-0.1, -0.05) is 11.6 Å². The molecule has 0 aliphatic heterocycles. The van der Waals surface area contributed by atoms with Gasteiger partial charge in [0.15, 0.2) is 5.82 Å². The van der Waals surface area contributed by atoms with Gasteiger partial charge in [-0.3, -0.25) is 4.79 Å². The van der Waals surface area contributed by atoms with Crippen LogP contribution >= 0.6 is 35.3 Å². The molecule has 0 fully saturated rings. The largest absolute Gasteiger partial charge is 0.456 e. The standard InChI is InChI=1S/C24H20ClN5O2S.ClH/c1-15(31)26-8-10-30-9-6-20-23(30)24(28-14-27-20)29-17-3-5-21(19(25)12-17)32-18-4-2-16-7-11-33-22(16)13-18;/h2-7,9,11-14H,8,10H2,1H3,(H,26,31)(H,27,28,29);1H. The van der Waals surface area contributed by atoms with Crippen LogP contribution in [0.4, 0.5) is 11.5 Å². The van der Waals surface area contributed by atoms with E-state index in [-0.39, 0.29) is 18.3 Å². The predicted molar refractivity (Wildman–Crippen MR) is 140 cm³/mol. The zero-order valence-electron chi connectivity index (χ0n) is 18.1. The van der Waals surface area contributed by atoms with E-state index >= 15 is 0 Å². The number of fused-ring (bicyclic) bond motifs is 2. The van der Waals surface area contributed by atoms with Crippen LogP contribution in [-0.4, -0.2) is 27.0 Å². The summed E-state index contributed by atoms with van der Waals surface area (Å²) < 4.78 is 9.19. The van der Waals surface area contributed by atoms with Crippen molar-refractivity contribution in [2.45, 2.75) is 13.5 Å². The number of carbonyl (C=O) groups excluding carboxylic acids is 1. The Morgan fingerprint density at radius 3 is 2.85 bits per heavy atom. The number of aromatic nitrogens is 3. The molecule has 5 rings (SSSR count). The lowest BCUT2D eigenvalue weighted by atomic mass is 10.2. The van der Waals surface area contributed by atoms with Gasteiger partial charge in [0.05, 0.1) is 10.5 Å². The predicted octanol–water partition coefficient (Wildman–Crippen LogP) is 6.39. The van der Waals surface area contributed by atoms with Gasteiger partial charge in [-0.2, -0.15) is 0 Å². The number of hydrogen-bond acceptors (Lipinski definition) is 6. The SMILES string of the molecule is CC(=O)NCCn1ccc2ncnc(Nc3ccc(Oc4ccc5ccsc5c4)c(Cl)c3)c21.Cl. The Morgan fingerprint density at radius 1 is 1.15 bits per heavy atom. The number of amides is 1. The van der Waals surface area contributed by atoms with E-state index < -0.39 is 0 Å². The molecule has 0 saturated heterocycles. The van der Waals surface area contributed by atoms with Crippen molar-refractivity contribution in [3.63, 3.8) is 0 Å². The smallest absolute Gasteiger partial charge is 0.216 e. The van der Waals surface area contributed by atoms with Crippen molar-refractivity contribution in [3.05, 3.63) is 71.5 Å². The Bertz CT molecular complexity index is 1470. The molecule has 0 unspecified atom stereocenters. The summed E-state index contributed by atoms with van der Waals surface area (Å²) in [5.41, 5.74) is 2.43. The number of ether oxygens (including phenoxy) is 1. The van der Waals surface area contributed by atoms with Crippen molar-refractivity contribution < 1.29 is 9.53 Å². The first kappa shape index (κ1) is 23.8. The van der Waals surface area contributed by atoms with E-state index in [1.807, 2.05) is 47.2 Å². The molecular weight excluding hydrogens is 493 g/mol. The third-order valence-electron chi connectivity index (χ3n) is 5.13. The number of rotatable bonds is 7. The molecule has 5 aromatic rings. The zero-order valence-corrected chi connectivity index (χ0v) is 20.5. The summed E-state index contributed by atoms with van der Waals surface area (Å²) in [6.45, 7) is 2.62. The number of carbonyl (C=O) groups is 1. The molecule has 2 aromatic carbocycles. The second-order valence-electron chi connectivity index (χ2n) is 7.44. The third-order valence-corrected chi connectivity index (χ3v) is 6.30. The van der Waals surface area contributed by atoms with Gasteiger partial charge in [-0.25, -0.2) is 9.97 Å². The molecule has 0 saturated carbocycles. The van der Waals surface area contributed by atoms with Gasteiger partial charge in [0, 0.05) is 36.6 Å². The van der Waals surface area contributed by atoms with E-state index in [1.54, 1.807) is 17.4 Å². The molecule has 174 valence electrons. The molecule has 0 aliphatic carbocycles. The van der Waals surface area contributed by atoms with E-state index in [0.717, 1.165) is 27.2 Å². The highest BCUT2D eigenvalue weighted by Crippen LogP contribution is 2.35. The van der Waals surface area contributed by atoms with Gasteiger partial charge < -0.3 is 19.9 Å². The summed E-state index contributed by atoms with van der Waals surface area (Å²) in [5, 5.41) is 9.87. The summed E-state index contributed by atoms with van der Waals surface area (Å²) in [6, 6.07) is 15.5. The summed E-state index contributed by atoms with van der Waals surface area (Å²) in [6.07, 6.45) is 3.45. The summed E-state index contributed by atoms with van der Waals surface area (Å²) in [4.78, 5) is 19.9. The van der Waals surface area contributed by atoms with E-state index in [1.165, 1.54) is 18.6 Å². The van der Waals surface area contributed by atoms with E-state index in [2.05, 4.69) is 32.0 Å². The van der Waals surface area contributed by atoms with Gasteiger partial charge in [0.1, 0.15) is 23.3 Å². The Kier molecular flexibility index (Phi) is 7.21. The average molecular weight is 514 g/mol. The molecule has 0 aliphatic rings. The number of hydrogen-bond donors (Lipinski definition) is 2. The van der Waals surface area contributed by atoms with Gasteiger partial charge >= 0.3 is 0 Å². The molecule has 7 nitrogen and oxygen atoms in total. The van der Waals surface area contributed by atoms with E-state index in [0.29, 0.717) is 29.7 Å². The van der Waals surface area contributed by atoms with Crippen LogP contribution in [-0.2, 0) is 11.3 Å². The number of halogens is 2. The second-order valence-corrected chi connectivity index (χ2v) is 8.80. The van der Waals surface area contributed by atoms with Crippen LogP contribution in [0.15, 0.2) is 66.4 Å². The number of nitrogens with zero attached hydrogens (tertiary/aromatic N) is 3. The summed E-state index contributed by atoms with van der Waals surface area (Å²) in [7, 11) is 0. The van der Waals surface area contributed by atoms with Crippen LogP contribution in [0.25, 0.3) is 21.1 Å². The number of anilines is 2. The minimum absolute atomic E-state index is 0. The van der Waals surface area contributed by atoms with Gasteiger partial charge in [0.2, 0.25) is 5.91 Å². The Morgan fingerprint density at radius 2 is 2.03 bits per heavy atom. The molecular formula is C24H21Cl2N5O2S. The quantitative estimate of drug-likeness (QED) is 0.263. The first-order chi connectivity index (χ1) is 16.1. The first-order valence-electron chi connectivity index (χ1n) is 10.3. The number of benzene rings is 2. The molecule has 34 heavy (non-hydrogen) atoms. The minimum atomic E-state index is -0.0617. The fraction of sp³-hybridized carbons (Fsp3) is 0.125. The van der Waals surface area contributed by atoms with E-state index in [9.17, 15) is 4.79 Å². The minimum Gasteiger partial charge on any atom is -0.456 e. The molecule has 3 heterocycles. The van der Waals surface area contributed by atoms with Crippen molar-refractivity contribution in [2.75, 3.05) is 11.9 Å². The summed E-state index contributed by atoms with van der Waals surface area (Å²) in [5.74, 6) is 1.90. The van der Waals surface area contributed by atoms with Crippen LogP contribution in [0.5, 0.6) is 11.5 Å². The topological polar surface area (TPSA) is 81.1 Å². The molecule has 1 amide bonds. The van der Waals surface area contributed by atoms with Crippen LogP contribution in [0.3, 0.4) is 0 Å². The summed E-state index contributed by atoms with van der Waals surface area (Å²) >= 11 is 8.20. The van der Waals surface area contributed by atoms with E-state index in [4.69, 9.17) is 16.3 Å². The lowest BCUT2D eigenvalue weighted by Crippen LogP contribution is -2.24. The van der Waals surface area contributed by atoms with Crippen molar-refractivity contribution in [1.82, 2.24) is 19.9 Å². The Hall–Kier alpha value is -3.33. The van der Waals surface area contributed by atoms with Crippen LogP contribution in [0.2, 0.25) is 5.02 Å². The number of thiophene rings is 1. The molecule has 0 radical (unpaired) electrons. The van der Waals surface area contributed by atoms with Crippen molar-refractivity contribution >= 4 is 73.9 Å². The maximum Gasteiger partial charge on any atom is 0.216 e. The van der Waals surface area contributed by atoms with Crippen LogP contribution < -0.4 is 15.4 Å². The molecule has 0 bridgehead atoms. The van der Waals surface area contributed by atoms with Gasteiger partial charge in [0.25, 0.3) is 0 Å². The normalized spacial score (nSPS) is 10.8. The Balaban J connectivity index is 0.00000274. The lowest BCUT2D eigenvalue weighted by molar-refractivity contribution is -0.118. The fourth-order valence-corrected chi connectivity index (χ4v) is 4.62. The third kappa shape index (κ3) is 5.09. The van der Waals surface area contributed by atoms with Crippen molar-refractivity contribution in [2.24, 2.45) is 0 Å². The highest BCUT2D eigenvalue weighted by atomic mass is 35.5. The fourth-order valence-electron chi connectivity index (χ4n) is 3.59. The average Bonchev–Trinajstić information content (AvgIpc) is 3.43. The van der Waals surface area contributed by atoms with Gasteiger partial charge in [-0.15, -0.1) is 23.7 Å². The zero-order chi connectivity index (χ0) is 22.8. The Labute approximate surface area is 211 Å². The molecule has 0 atom stereocenters. The monoisotopic (exact) mass is 513 g/mol. The van der Waals surface area contributed by atoms with Gasteiger partial charge in [-0.05, 0) is 59.3 Å². The highest BCUT2D eigenvalue weighted by Gasteiger charge is 2.12.